The first-order chi connectivity index (χ1) is 7.05. The second-order valence-electron chi connectivity index (χ2n) is 3.95. The van der Waals surface area contributed by atoms with E-state index in [-0.39, 0.29) is 11.7 Å². The van der Waals surface area contributed by atoms with Gasteiger partial charge >= 0.3 is 0 Å². The molecule has 0 aromatic carbocycles. The van der Waals surface area contributed by atoms with Gasteiger partial charge in [0.25, 0.3) is 0 Å². The Bertz CT molecular complexity index is 458. The van der Waals surface area contributed by atoms with E-state index in [1.54, 1.807) is 6.07 Å². The van der Waals surface area contributed by atoms with Crippen molar-refractivity contribution in [3.8, 4) is 0 Å². The zero-order chi connectivity index (χ0) is 10.9. The van der Waals surface area contributed by atoms with Crippen molar-refractivity contribution in [2.45, 2.75) is 12.8 Å². The summed E-state index contributed by atoms with van der Waals surface area (Å²) >= 11 is 0. The van der Waals surface area contributed by atoms with E-state index in [2.05, 4.69) is 10.2 Å². The highest BCUT2D eigenvalue weighted by Gasteiger charge is 2.28. The number of rotatable bonds is 2. The zero-order valence-electron chi connectivity index (χ0n) is 8.26. The third-order valence-electron chi connectivity index (χ3n) is 2.55. The van der Waals surface area contributed by atoms with Crippen LogP contribution in [0.3, 0.4) is 0 Å². The fourth-order valence-electron chi connectivity index (χ4n) is 1.86. The Morgan fingerprint density at radius 1 is 1.53 bits per heavy atom. The molecule has 15 heavy (non-hydrogen) atoms. The first-order valence-corrected chi connectivity index (χ1v) is 6.65. The van der Waals surface area contributed by atoms with Gasteiger partial charge < -0.3 is 5.73 Å². The van der Waals surface area contributed by atoms with E-state index < -0.39 is 9.84 Å². The van der Waals surface area contributed by atoms with Crippen LogP contribution in [0.15, 0.2) is 12.3 Å². The Hall–Kier alpha value is -1.17. The van der Waals surface area contributed by atoms with E-state index in [1.807, 2.05) is 0 Å². The minimum atomic E-state index is -2.81. The van der Waals surface area contributed by atoms with Crippen molar-refractivity contribution in [1.29, 1.82) is 0 Å². The second-order valence-corrected chi connectivity index (χ2v) is 6.18. The van der Waals surface area contributed by atoms with Gasteiger partial charge in [0, 0.05) is 0 Å². The standard InChI is InChI=1S/C9H13N3O2S/c10-8-4-9(12-11-5-8)3-7-1-2-15(13,14)6-7/h4-5,7H,1-3,6H2,(H2,10,12). The van der Waals surface area contributed by atoms with Crippen LogP contribution in [0.1, 0.15) is 12.1 Å². The first kappa shape index (κ1) is 10.4. The van der Waals surface area contributed by atoms with Crippen molar-refractivity contribution in [3.05, 3.63) is 18.0 Å². The molecule has 1 atom stereocenters. The van der Waals surface area contributed by atoms with Crippen LogP contribution in [-0.2, 0) is 16.3 Å². The van der Waals surface area contributed by atoms with Gasteiger partial charge in [-0.25, -0.2) is 8.42 Å². The number of anilines is 1. The van der Waals surface area contributed by atoms with Gasteiger partial charge in [-0.1, -0.05) is 0 Å². The lowest BCUT2D eigenvalue weighted by molar-refractivity contribution is 0.574. The molecule has 1 fully saturated rings. The topological polar surface area (TPSA) is 85.9 Å². The number of hydrogen-bond acceptors (Lipinski definition) is 5. The van der Waals surface area contributed by atoms with E-state index in [0.717, 1.165) is 12.1 Å². The quantitative estimate of drug-likeness (QED) is 0.770. The molecule has 0 bridgehead atoms. The smallest absolute Gasteiger partial charge is 0.150 e. The number of hydrogen-bond donors (Lipinski definition) is 1. The minimum absolute atomic E-state index is 0.172. The van der Waals surface area contributed by atoms with Crippen molar-refractivity contribution in [2.24, 2.45) is 5.92 Å². The van der Waals surface area contributed by atoms with Crippen molar-refractivity contribution >= 4 is 15.5 Å². The molecule has 0 radical (unpaired) electrons. The van der Waals surface area contributed by atoms with Crippen molar-refractivity contribution < 1.29 is 8.42 Å². The first-order valence-electron chi connectivity index (χ1n) is 4.83. The van der Waals surface area contributed by atoms with Crippen LogP contribution in [0.2, 0.25) is 0 Å². The molecule has 1 aromatic rings. The van der Waals surface area contributed by atoms with Crippen LogP contribution >= 0.6 is 0 Å². The van der Waals surface area contributed by atoms with Crippen LogP contribution < -0.4 is 5.73 Å². The monoisotopic (exact) mass is 227 g/mol. The molecular formula is C9H13N3O2S. The average molecular weight is 227 g/mol. The Kier molecular flexibility index (Phi) is 2.60. The van der Waals surface area contributed by atoms with E-state index in [0.29, 0.717) is 17.9 Å². The SMILES string of the molecule is Nc1cnnc(CC2CCS(=O)(=O)C2)c1. The van der Waals surface area contributed by atoms with Gasteiger partial charge in [-0.05, 0) is 24.8 Å². The highest BCUT2D eigenvalue weighted by atomic mass is 32.2. The number of nitrogens with zero attached hydrogens (tertiary/aromatic N) is 2. The Morgan fingerprint density at radius 2 is 2.33 bits per heavy atom. The Morgan fingerprint density at radius 3 is 2.93 bits per heavy atom. The maximum absolute atomic E-state index is 11.2. The largest absolute Gasteiger partial charge is 0.397 e. The Balaban J connectivity index is 2.05. The highest BCUT2D eigenvalue weighted by molar-refractivity contribution is 7.91. The summed E-state index contributed by atoms with van der Waals surface area (Å²) in [6, 6.07) is 1.75. The molecule has 1 aromatic heterocycles. The maximum Gasteiger partial charge on any atom is 0.150 e. The molecule has 2 N–H and O–H groups in total. The summed E-state index contributed by atoms with van der Waals surface area (Å²) in [4.78, 5) is 0. The fraction of sp³-hybridized carbons (Fsp3) is 0.556. The minimum Gasteiger partial charge on any atom is -0.397 e. The van der Waals surface area contributed by atoms with Gasteiger partial charge in [-0.15, -0.1) is 0 Å². The molecule has 2 rings (SSSR count). The molecule has 0 aliphatic carbocycles. The summed E-state index contributed by atoms with van der Waals surface area (Å²) < 4.78 is 22.5. The molecule has 5 nitrogen and oxygen atoms in total. The van der Waals surface area contributed by atoms with E-state index >= 15 is 0 Å². The molecule has 1 aliphatic heterocycles. The Labute approximate surface area is 88.6 Å². The predicted octanol–water partition coefficient (Wildman–Crippen LogP) is 0.0360. The lowest BCUT2D eigenvalue weighted by Crippen LogP contribution is -2.09. The fourth-order valence-corrected chi connectivity index (χ4v) is 3.72. The average Bonchev–Trinajstić information content (AvgIpc) is 2.45. The molecule has 0 spiro atoms. The van der Waals surface area contributed by atoms with E-state index in [9.17, 15) is 8.42 Å². The normalized spacial score (nSPS) is 24.1. The molecule has 2 heterocycles. The molecule has 0 amide bonds. The van der Waals surface area contributed by atoms with Gasteiger partial charge in [-0.2, -0.15) is 10.2 Å². The molecule has 1 aliphatic rings. The number of nitrogen functional groups attached to an aromatic ring is 1. The molecule has 1 unspecified atom stereocenters. The van der Waals surface area contributed by atoms with Crippen molar-refractivity contribution in [2.75, 3.05) is 17.2 Å². The van der Waals surface area contributed by atoms with Gasteiger partial charge in [0.15, 0.2) is 9.84 Å². The number of aromatic nitrogens is 2. The summed E-state index contributed by atoms with van der Waals surface area (Å²) in [7, 11) is -2.81. The highest BCUT2D eigenvalue weighted by Crippen LogP contribution is 2.21. The summed E-state index contributed by atoms with van der Waals surface area (Å²) in [6.07, 6.45) is 2.85. The maximum atomic E-state index is 11.2. The van der Waals surface area contributed by atoms with Crippen LogP contribution in [0.4, 0.5) is 5.69 Å². The summed E-state index contributed by atoms with van der Waals surface area (Å²) in [5.41, 5.74) is 6.91. The number of nitrogens with two attached hydrogens (primary N) is 1. The molecule has 1 saturated heterocycles. The summed E-state index contributed by atoms with van der Waals surface area (Å²) in [6.45, 7) is 0. The zero-order valence-corrected chi connectivity index (χ0v) is 9.07. The van der Waals surface area contributed by atoms with Crippen LogP contribution in [0.5, 0.6) is 0 Å². The second kappa shape index (κ2) is 3.77. The predicted molar refractivity (Wildman–Crippen MR) is 56.9 cm³/mol. The third kappa shape index (κ3) is 2.65. The lowest BCUT2D eigenvalue weighted by Gasteiger charge is -2.05. The van der Waals surface area contributed by atoms with Gasteiger partial charge in [0.1, 0.15) is 0 Å². The number of sulfone groups is 1. The van der Waals surface area contributed by atoms with Crippen molar-refractivity contribution in [3.63, 3.8) is 0 Å². The van der Waals surface area contributed by atoms with Gasteiger partial charge in [0.2, 0.25) is 0 Å². The van der Waals surface area contributed by atoms with Crippen LogP contribution in [-0.4, -0.2) is 30.1 Å². The molecule has 82 valence electrons. The summed E-state index contributed by atoms with van der Waals surface area (Å²) in [5.74, 6) is 0.739. The molecular weight excluding hydrogens is 214 g/mol. The van der Waals surface area contributed by atoms with Crippen LogP contribution in [0, 0.1) is 5.92 Å². The summed E-state index contributed by atoms with van der Waals surface area (Å²) in [5, 5.41) is 7.66. The molecule has 0 saturated carbocycles. The van der Waals surface area contributed by atoms with E-state index in [4.69, 9.17) is 5.73 Å². The van der Waals surface area contributed by atoms with Crippen molar-refractivity contribution in [1.82, 2.24) is 10.2 Å². The third-order valence-corrected chi connectivity index (χ3v) is 4.39. The molecule has 6 heteroatoms. The lowest BCUT2D eigenvalue weighted by atomic mass is 10.0. The van der Waals surface area contributed by atoms with Crippen LogP contribution in [0.25, 0.3) is 0 Å². The van der Waals surface area contributed by atoms with Gasteiger partial charge in [-0.3, -0.25) is 0 Å². The van der Waals surface area contributed by atoms with E-state index in [1.165, 1.54) is 6.20 Å². The van der Waals surface area contributed by atoms with Gasteiger partial charge in [0.05, 0.1) is 29.1 Å².